The first kappa shape index (κ1) is 25.9. The maximum atomic E-state index is 13.7. The van der Waals surface area contributed by atoms with Crippen molar-refractivity contribution in [2.24, 2.45) is 10.9 Å². The van der Waals surface area contributed by atoms with Crippen molar-refractivity contribution in [3.05, 3.63) is 111 Å². The molecule has 0 bridgehead atoms. The molecular formula is C29H29N5O5. The van der Waals surface area contributed by atoms with E-state index in [1.807, 2.05) is 37.3 Å². The average molecular weight is 528 g/mol. The molecule has 0 atom stereocenters. The van der Waals surface area contributed by atoms with Gasteiger partial charge in [-0.25, -0.2) is 24.1 Å². The largest absolute Gasteiger partial charge is 0.466 e. The molecule has 1 aliphatic carbocycles. The van der Waals surface area contributed by atoms with Crippen LogP contribution in [0.3, 0.4) is 0 Å². The smallest absolute Gasteiger partial charge is 0.335 e. The summed E-state index contributed by atoms with van der Waals surface area (Å²) in [6.45, 7) is 4.25. The van der Waals surface area contributed by atoms with Gasteiger partial charge in [-0.3, -0.25) is 14.3 Å². The molecule has 10 heteroatoms. The molecule has 1 saturated carbocycles. The third-order valence-electron chi connectivity index (χ3n) is 6.62. The number of benzene rings is 2. The molecule has 2 aromatic heterocycles. The molecule has 1 N–H and O–H groups in total. The molecule has 1 fully saturated rings. The summed E-state index contributed by atoms with van der Waals surface area (Å²) in [4.78, 5) is 50.3. The zero-order valence-electron chi connectivity index (χ0n) is 21.7. The first-order valence-electron chi connectivity index (χ1n) is 12.8. The monoisotopic (exact) mass is 527 g/mol. The maximum Gasteiger partial charge on any atom is 0.335 e. The lowest BCUT2D eigenvalue weighted by Gasteiger charge is -2.34. The van der Waals surface area contributed by atoms with Crippen molar-refractivity contribution in [2.45, 2.75) is 39.3 Å². The predicted molar refractivity (Wildman–Crippen MR) is 144 cm³/mol. The summed E-state index contributed by atoms with van der Waals surface area (Å²) in [5.74, 6) is 0.424. The highest BCUT2D eigenvalue weighted by atomic mass is 16.5. The highest BCUT2D eigenvalue weighted by molar-refractivity contribution is 5.73. The third kappa shape index (κ3) is 5.90. The van der Waals surface area contributed by atoms with Gasteiger partial charge in [-0.1, -0.05) is 35.9 Å². The summed E-state index contributed by atoms with van der Waals surface area (Å²) < 4.78 is 13.5. The first-order chi connectivity index (χ1) is 18.9. The molecule has 1 aliphatic rings. The van der Waals surface area contributed by atoms with Crippen LogP contribution in [0.2, 0.25) is 0 Å². The molecular weight excluding hydrogens is 498 g/mol. The van der Waals surface area contributed by atoms with E-state index in [4.69, 9.17) is 9.47 Å². The lowest BCUT2D eigenvalue weighted by atomic mass is 9.80. The summed E-state index contributed by atoms with van der Waals surface area (Å²) >= 11 is 0. The Morgan fingerprint density at radius 2 is 1.79 bits per heavy atom. The van der Waals surface area contributed by atoms with Crippen molar-refractivity contribution in [3.8, 4) is 11.6 Å². The highest BCUT2D eigenvalue weighted by Gasteiger charge is 2.38. The lowest BCUT2D eigenvalue weighted by Crippen LogP contribution is -2.53. The SMILES string of the molecule is CCOC(=O)[C@H]1C[C@@H](n2c(=O)[nH]/c(=N\c3ccc(Oc4ccccn4)cc3)n(Cc3ccc(C)cc3)c2=O)C1. The van der Waals surface area contributed by atoms with Gasteiger partial charge in [0.25, 0.3) is 0 Å². The number of aromatic nitrogens is 4. The van der Waals surface area contributed by atoms with Crippen molar-refractivity contribution >= 4 is 11.7 Å². The van der Waals surface area contributed by atoms with Crippen molar-refractivity contribution < 1.29 is 14.3 Å². The quantitative estimate of drug-likeness (QED) is 0.350. The van der Waals surface area contributed by atoms with E-state index in [9.17, 15) is 14.4 Å². The summed E-state index contributed by atoms with van der Waals surface area (Å²) in [5.41, 5.74) is 1.58. The van der Waals surface area contributed by atoms with Crippen molar-refractivity contribution in [3.63, 3.8) is 0 Å². The fourth-order valence-electron chi connectivity index (χ4n) is 4.45. The molecule has 10 nitrogen and oxygen atoms in total. The number of aromatic amines is 1. The minimum Gasteiger partial charge on any atom is -0.466 e. The molecule has 0 amide bonds. The number of H-pyrrole nitrogens is 1. The molecule has 0 radical (unpaired) electrons. The van der Waals surface area contributed by atoms with Crippen LogP contribution in [0.5, 0.6) is 11.6 Å². The number of carbonyl (C=O) groups excluding carboxylic acids is 1. The number of carbonyl (C=O) groups is 1. The van der Waals surface area contributed by atoms with Crippen molar-refractivity contribution in [1.29, 1.82) is 0 Å². The van der Waals surface area contributed by atoms with Gasteiger partial charge in [-0.05, 0) is 62.6 Å². The van der Waals surface area contributed by atoms with Crippen molar-refractivity contribution in [1.82, 2.24) is 19.1 Å². The third-order valence-corrected chi connectivity index (χ3v) is 6.62. The van der Waals surface area contributed by atoms with Crippen LogP contribution in [0.4, 0.5) is 5.69 Å². The zero-order valence-corrected chi connectivity index (χ0v) is 21.7. The van der Waals surface area contributed by atoms with Crippen LogP contribution in [0, 0.1) is 12.8 Å². The molecule has 4 aromatic rings. The number of aryl methyl sites for hydroxylation is 1. The van der Waals surface area contributed by atoms with Gasteiger partial charge in [0.05, 0.1) is 24.8 Å². The zero-order chi connectivity index (χ0) is 27.4. The number of esters is 1. The Kier molecular flexibility index (Phi) is 7.53. The molecule has 0 unspecified atom stereocenters. The van der Waals surface area contributed by atoms with Crippen LogP contribution in [-0.4, -0.2) is 31.7 Å². The predicted octanol–water partition coefficient (Wildman–Crippen LogP) is 3.63. The Balaban J connectivity index is 1.49. The van der Waals surface area contributed by atoms with E-state index >= 15 is 0 Å². The second-order valence-electron chi connectivity index (χ2n) is 9.43. The Morgan fingerprint density at radius 3 is 2.46 bits per heavy atom. The highest BCUT2D eigenvalue weighted by Crippen LogP contribution is 2.36. The summed E-state index contributed by atoms with van der Waals surface area (Å²) in [5, 5.41) is 0. The van der Waals surface area contributed by atoms with Gasteiger partial charge in [-0.15, -0.1) is 0 Å². The molecule has 2 heterocycles. The standard InChI is InChI=1S/C29H29N5O5/c1-3-38-26(35)21-16-23(17-21)34-28(36)32-27(33(29(34)37)18-20-9-7-19(2)8-10-20)31-22-11-13-24(14-12-22)39-25-6-4-5-15-30-25/h4-15,21,23H,3,16-18H2,1-2H3,(H,31,32,36)/t21-,23+. The molecule has 39 heavy (non-hydrogen) atoms. The minimum absolute atomic E-state index is 0.126. The topological polar surface area (TPSA) is 121 Å². The van der Waals surface area contributed by atoms with Crippen molar-refractivity contribution in [2.75, 3.05) is 6.61 Å². The Morgan fingerprint density at radius 1 is 1.05 bits per heavy atom. The van der Waals surface area contributed by atoms with Gasteiger partial charge in [0.1, 0.15) is 5.75 Å². The Labute approximate surface area is 224 Å². The number of hydrogen-bond donors (Lipinski definition) is 1. The van der Waals surface area contributed by atoms with E-state index in [-0.39, 0.29) is 24.1 Å². The van der Waals surface area contributed by atoms with Gasteiger partial charge >= 0.3 is 17.3 Å². The summed E-state index contributed by atoms with van der Waals surface area (Å²) in [6.07, 6.45) is 2.39. The van der Waals surface area contributed by atoms with E-state index in [2.05, 4.69) is 15.0 Å². The van der Waals surface area contributed by atoms with E-state index in [0.29, 0.717) is 36.8 Å². The maximum absolute atomic E-state index is 13.7. The lowest BCUT2D eigenvalue weighted by molar-refractivity contribution is -0.152. The van der Waals surface area contributed by atoms with E-state index in [1.165, 1.54) is 9.13 Å². The molecule has 0 aliphatic heterocycles. The normalized spacial score (nSPS) is 16.9. The Bertz CT molecular complexity index is 1630. The van der Waals surface area contributed by atoms with E-state index in [0.717, 1.165) is 11.1 Å². The Hall–Kier alpha value is -4.73. The van der Waals surface area contributed by atoms with Crippen LogP contribution in [0.1, 0.15) is 36.9 Å². The van der Waals surface area contributed by atoms with Gasteiger partial charge in [0, 0.05) is 18.3 Å². The summed E-state index contributed by atoms with van der Waals surface area (Å²) in [6, 6.07) is 19.7. The fourth-order valence-corrected chi connectivity index (χ4v) is 4.45. The fraction of sp³-hybridized carbons (Fsp3) is 0.276. The number of hydrogen-bond acceptors (Lipinski definition) is 7. The molecule has 0 saturated heterocycles. The first-order valence-corrected chi connectivity index (χ1v) is 12.8. The van der Waals surface area contributed by atoms with Crippen LogP contribution < -0.4 is 21.7 Å². The average Bonchev–Trinajstić information content (AvgIpc) is 2.90. The minimum atomic E-state index is -0.568. The van der Waals surface area contributed by atoms with Crippen LogP contribution in [0.15, 0.2) is 87.5 Å². The van der Waals surface area contributed by atoms with Crippen LogP contribution in [-0.2, 0) is 16.1 Å². The number of rotatable bonds is 8. The van der Waals surface area contributed by atoms with E-state index < -0.39 is 17.4 Å². The number of nitrogens with zero attached hydrogens (tertiary/aromatic N) is 4. The van der Waals surface area contributed by atoms with Gasteiger partial charge < -0.3 is 9.47 Å². The molecule has 200 valence electrons. The summed E-state index contributed by atoms with van der Waals surface area (Å²) in [7, 11) is 0. The van der Waals surface area contributed by atoms with E-state index in [1.54, 1.807) is 49.5 Å². The molecule has 2 aromatic carbocycles. The second kappa shape index (κ2) is 11.3. The van der Waals surface area contributed by atoms with Crippen LogP contribution >= 0.6 is 0 Å². The molecule has 5 rings (SSSR count). The molecule has 0 spiro atoms. The van der Waals surface area contributed by atoms with Gasteiger partial charge in [0.15, 0.2) is 0 Å². The van der Waals surface area contributed by atoms with Crippen LogP contribution in [0.25, 0.3) is 0 Å². The number of pyridine rings is 1. The number of ether oxygens (including phenoxy) is 2. The number of nitrogens with one attached hydrogen (secondary N) is 1. The second-order valence-corrected chi connectivity index (χ2v) is 9.43. The van der Waals surface area contributed by atoms with Gasteiger partial charge in [0.2, 0.25) is 11.5 Å². The van der Waals surface area contributed by atoms with Gasteiger partial charge in [-0.2, -0.15) is 0 Å².